The van der Waals surface area contributed by atoms with E-state index >= 15 is 0 Å². The maximum atomic E-state index is 11.6. The van der Waals surface area contributed by atoms with Crippen LogP contribution in [0.4, 0.5) is 0 Å². The van der Waals surface area contributed by atoms with Crippen LogP contribution in [-0.2, 0) is 11.2 Å². The van der Waals surface area contributed by atoms with Crippen molar-refractivity contribution in [2.24, 2.45) is 5.92 Å². The summed E-state index contributed by atoms with van der Waals surface area (Å²) < 4.78 is 5.81. The number of rotatable bonds is 7. The Bertz CT molecular complexity index is 489. The van der Waals surface area contributed by atoms with Crippen molar-refractivity contribution in [3.8, 4) is 5.75 Å². The molecule has 2 rings (SSSR count). The molecule has 1 aromatic rings. The first-order valence-electron chi connectivity index (χ1n) is 7.76. The maximum Gasteiger partial charge on any atom is 0.324 e. The van der Waals surface area contributed by atoms with Gasteiger partial charge in [0.2, 0.25) is 0 Å². The fourth-order valence-corrected chi connectivity index (χ4v) is 3.36. The van der Waals surface area contributed by atoms with Gasteiger partial charge in [0, 0.05) is 0 Å². The fraction of sp³-hybridized carbons (Fsp3) is 0.588. The summed E-state index contributed by atoms with van der Waals surface area (Å²) in [4.78, 5) is 11.6. The molecule has 1 aliphatic rings. The van der Waals surface area contributed by atoms with Crippen molar-refractivity contribution in [1.82, 2.24) is 5.32 Å². The lowest BCUT2D eigenvalue weighted by Gasteiger charge is -2.31. The average molecular weight is 291 g/mol. The molecule has 0 aliphatic heterocycles. The molecule has 0 amide bonds. The monoisotopic (exact) mass is 291 g/mol. The van der Waals surface area contributed by atoms with Gasteiger partial charge in [0.15, 0.2) is 0 Å². The highest BCUT2D eigenvalue weighted by atomic mass is 16.5. The van der Waals surface area contributed by atoms with Gasteiger partial charge in [-0.3, -0.25) is 4.79 Å². The van der Waals surface area contributed by atoms with E-state index in [4.69, 9.17) is 4.74 Å². The molecule has 2 atom stereocenters. The molecule has 1 fully saturated rings. The number of benzene rings is 1. The normalized spacial score (nSPS) is 25.0. The summed E-state index contributed by atoms with van der Waals surface area (Å²) in [5.41, 5.74) is 0.484. The Balaban J connectivity index is 1.92. The number of hydrogen-bond donors (Lipinski definition) is 2. The molecule has 0 aromatic heterocycles. The summed E-state index contributed by atoms with van der Waals surface area (Å²) in [6, 6.07) is 8.09. The lowest BCUT2D eigenvalue weighted by atomic mass is 9.85. The second-order valence-electron chi connectivity index (χ2n) is 5.75. The van der Waals surface area contributed by atoms with Gasteiger partial charge in [0.1, 0.15) is 11.3 Å². The van der Waals surface area contributed by atoms with Crippen LogP contribution in [0.2, 0.25) is 0 Å². The first kappa shape index (κ1) is 15.8. The van der Waals surface area contributed by atoms with E-state index in [2.05, 4.69) is 24.4 Å². The minimum atomic E-state index is -0.769. The van der Waals surface area contributed by atoms with Gasteiger partial charge in [-0.05, 0) is 56.3 Å². The molecule has 2 N–H and O–H groups in total. The second-order valence-corrected chi connectivity index (χ2v) is 5.75. The molecule has 1 aliphatic carbocycles. The predicted octanol–water partition coefficient (Wildman–Crippen LogP) is 2.86. The minimum absolute atomic E-state index is 0.134. The van der Waals surface area contributed by atoms with E-state index in [1.54, 1.807) is 7.05 Å². The van der Waals surface area contributed by atoms with E-state index in [0.717, 1.165) is 31.4 Å². The van der Waals surface area contributed by atoms with Gasteiger partial charge < -0.3 is 15.2 Å². The van der Waals surface area contributed by atoms with Crippen molar-refractivity contribution in [3.63, 3.8) is 0 Å². The Hall–Kier alpha value is -1.55. The Labute approximate surface area is 126 Å². The first-order valence-corrected chi connectivity index (χ1v) is 7.76. The average Bonchev–Trinajstić information content (AvgIpc) is 2.92. The molecule has 0 radical (unpaired) electrons. The van der Waals surface area contributed by atoms with Crippen LogP contribution >= 0.6 is 0 Å². The molecule has 0 bridgehead atoms. The van der Waals surface area contributed by atoms with Gasteiger partial charge in [-0.2, -0.15) is 0 Å². The van der Waals surface area contributed by atoms with Crippen LogP contribution in [0.1, 0.15) is 38.2 Å². The number of aliphatic carboxylic acids is 1. The predicted molar refractivity (Wildman–Crippen MR) is 82.7 cm³/mol. The number of carboxylic acids is 1. The van der Waals surface area contributed by atoms with Gasteiger partial charge in [-0.25, -0.2) is 0 Å². The highest BCUT2D eigenvalue weighted by Crippen LogP contribution is 2.38. The number of ether oxygens (including phenoxy) is 1. The van der Waals surface area contributed by atoms with Crippen molar-refractivity contribution in [1.29, 1.82) is 0 Å². The summed E-state index contributed by atoms with van der Waals surface area (Å²) in [6.45, 7) is 2.68. The van der Waals surface area contributed by atoms with Crippen molar-refractivity contribution in [3.05, 3.63) is 29.8 Å². The summed E-state index contributed by atoms with van der Waals surface area (Å²) in [5, 5.41) is 12.6. The molecular weight excluding hydrogens is 266 g/mol. The molecule has 0 heterocycles. The zero-order valence-corrected chi connectivity index (χ0v) is 12.9. The summed E-state index contributed by atoms with van der Waals surface area (Å²) >= 11 is 0. The first-order chi connectivity index (χ1) is 10.1. The van der Waals surface area contributed by atoms with E-state index in [1.165, 1.54) is 5.56 Å². The molecule has 0 saturated heterocycles. The molecule has 21 heavy (non-hydrogen) atoms. The third-order valence-corrected chi connectivity index (χ3v) is 4.69. The van der Waals surface area contributed by atoms with Crippen molar-refractivity contribution in [2.75, 3.05) is 13.7 Å². The topological polar surface area (TPSA) is 58.6 Å². The Morgan fingerprint density at radius 2 is 2.33 bits per heavy atom. The zero-order valence-electron chi connectivity index (χ0n) is 12.9. The van der Waals surface area contributed by atoms with Crippen LogP contribution in [0, 0.1) is 5.92 Å². The minimum Gasteiger partial charge on any atom is -0.494 e. The van der Waals surface area contributed by atoms with Gasteiger partial charge in [-0.1, -0.05) is 25.5 Å². The standard InChI is InChI=1S/C17H25NO3/c1-3-13-6-4-8-15(12-13)21-11-9-14-7-5-10-17(14,18-2)16(19)20/h4,6,8,12,14,18H,3,5,7,9-11H2,1-2H3,(H,19,20). The van der Waals surface area contributed by atoms with Crippen molar-refractivity contribution >= 4 is 5.97 Å². The van der Waals surface area contributed by atoms with Gasteiger partial charge >= 0.3 is 5.97 Å². The Morgan fingerprint density at radius 1 is 1.52 bits per heavy atom. The third kappa shape index (κ3) is 3.38. The van der Waals surface area contributed by atoms with Gasteiger partial charge in [0.05, 0.1) is 6.61 Å². The molecule has 0 spiro atoms. The number of likely N-dealkylation sites (N-methyl/N-ethyl adjacent to an activating group) is 1. The number of aryl methyl sites for hydroxylation is 1. The molecule has 1 aromatic carbocycles. The van der Waals surface area contributed by atoms with E-state index in [9.17, 15) is 9.90 Å². The summed E-state index contributed by atoms with van der Waals surface area (Å²) in [5.74, 6) is 0.271. The van der Waals surface area contributed by atoms with Crippen LogP contribution < -0.4 is 10.1 Å². The van der Waals surface area contributed by atoms with Crippen LogP contribution in [0.5, 0.6) is 5.75 Å². The van der Waals surface area contributed by atoms with Crippen molar-refractivity contribution < 1.29 is 14.6 Å². The molecule has 1 saturated carbocycles. The fourth-order valence-electron chi connectivity index (χ4n) is 3.36. The lowest BCUT2D eigenvalue weighted by molar-refractivity contribution is -0.146. The largest absolute Gasteiger partial charge is 0.494 e. The third-order valence-electron chi connectivity index (χ3n) is 4.69. The smallest absolute Gasteiger partial charge is 0.324 e. The van der Waals surface area contributed by atoms with E-state index < -0.39 is 11.5 Å². The molecule has 4 heteroatoms. The van der Waals surface area contributed by atoms with Crippen molar-refractivity contribution in [2.45, 2.75) is 44.6 Å². The van der Waals surface area contributed by atoms with Crippen LogP contribution in [0.15, 0.2) is 24.3 Å². The van der Waals surface area contributed by atoms with Crippen LogP contribution in [0.3, 0.4) is 0 Å². The van der Waals surface area contributed by atoms with E-state index in [-0.39, 0.29) is 5.92 Å². The SMILES string of the molecule is CCc1cccc(OCCC2CCCC2(NC)C(=O)O)c1. The number of carbonyl (C=O) groups is 1. The van der Waals surface area contributed by atoms with E-state index in [1.807, 2.05) is 12.1 Å². The quantitative estimate of drug-likeness (QED) is 0.811. The highest BCUT2D eigenvalue weighted by Gasteiger charge is 2.47. The Kier molecular flexibility index (Phi) is 5.23. The number of hydrogen-bond acceptors (Lipinski definition) is 3. The van der Waals surface area contributed by atoms with E-state index in [0.29, 0.717) is 13.0 Å². The Morgan fingerprint density at radius 3 is 3.00 bits per heavy atom. The number of nitrogens with one attached hydrogen (secondary N) is 1. The zero-order chi connectivity index (χ0) is 15.3. The highest BCUT2D eigenvalue weighted by molar-refractivity contribution is 5.79. The van der Waals surface area contributed by atoms with Gasteiger partial charge in [0.25, 0.3) is 0 Å². The lowest BCUT2D eigenvalue weighted by Crippen LogP contribution is -2.53. The number of carboxylic acid groups (broad SMARTS) is 1. The van der Waals surface area contributed by atoms with Crippen LogP contribution in [0.25, 0.3) is 0 Å². The molecule has 2 unspecified atom stereocenters. The molecular formula is C17H25NO3. The molecule has 4 nitrogen and oxygen atoms in total. The molecule has 116 valence electrons. The maximum absolute atomic E-state index is 11.6. The summed E-state index contributed by atoms with van der Waals surface area (Å²) in [6.07, 6.45) is 4.37. The summed E-state index contributed by atoms with van der Waals surface area (Å²) in [7, 11) is 1.75. The second kappa shape index (κ2) is 6.94. The van der Waals surface area contributed by atoms with Crippen LogP contribution in [-0.4, -0.2) is 30.3 Å². The van der Waals surface area contributed by atoms with Gasteiger partial charge in [-0.15, -0.1) is 0 Å².